The zero-order valence-electron chi connectivity index (χ0n) is 32.9. The Morgan fingerprint density at radius 3 is 2.29 bits per heavy atom. The minimum Gasteiger partial charge on any atom is -0.480 e. The summed E-state index contributed by atoms with van der Waals surface area (Å²) < 4.78 is 5.52. The molecule has 14 heteroatoms. The Morgan fingerprint density at radius 2 is 1.69 bits per heavy atom. The number of rotatable bonds is 16. The van der Waals surface area contributed by atoms with Gasteiger partial charge in [-0.05, 0) is 115 Å². The molecule has 0 saturated heterocycles. The molecule has 0 bridgehead atoms. The van der Waals surface area contributed by atoms with Gasteiger partial charge in [-0.2, -0.15) is 4.98 Å². The van der Waals surface area contributed by atoms with E-state index < -0.39 is 47.0 Å². The van der Waals surface area contributed by atoms with Crippen LogP contribution in [0.3, 0.4) is 0 Å². The number of aromatic nitrogens is 2. The summed E-state index contributed by atoms with van der Waals surface area (Å²) >= 11 is 0. The van der Waals surface area contributed by atoms with Gasteiger partial charge in [0, 0.05) is 36.2 Å². The number of aliphatic carboxylic acids is 1. The number of anilines is 3. The Labute approximate surface area is 322 Å². The quantitative estimate of drug-likeness (QED) is 0.0825. The second-order valence-corrected chi connectivity index (χ2v) is 16.2. The minimum atomic E-state index is -1.27. The number of carboxylic acids is 1. The van der Waals surface area contributed by atoms with Gasteiger partial charge in [-0.15, -0.1) is 0 Å². The third kappa shape index (κ3) is 12.3. The van der Waals surface area contributed by atoms with Crippen molar-refractivity contribution in [2.45, 2.75) is 128 Å². The molecule has 1 aliphatic rings. The van der Waals surface area contributed by atoms with Crippen molar-refractivity contribution in [2.24, 2.45) is 0 Å². The van der Waals surface area contributed by atoms with E-state index in [0.29, 0.717) is 36.4 Å². The molecule has 1 aliphatic carbocycles. The zero-order chi connectivity index (χ0) is 40.5. The molecule has 2 aromatic carbocycles. The van der Waals surface area contributed by atoms with Gasteiger partial charge in [0.15, 0.2) is 0 Å². The number of carbonyl (C=O) groups is 4. The van der Waals surface area contributed by atoms with E-state index in [0.717, 1.165) is 24.1 Å². The highest BCUT2D eigenvalue weighted by Gasteiger charge is 2.39. The number of nitrogen functional groups attached to an aromatic ring is 2. The molecule has 3 aromatic rings. The number of nitrogens with zero attached hydrogens (tertiary/aromatic N) is 2. The first kappa shape index (κ1) is 42.3. The topological polar surface area (TPSA) is 223 Å². The average molecular weight is 760 g/mol. The van der Waals surface area contributed by atoms with E-state index in [4.69, 9.17) is 16.2 Å². The maximum atomic E-state index is 14.3. The molecular weight excluding hydrogens is 702 g/mol. The first-order chi connectivity index (χ1) is 25.8. The number of H-pyrrole nitrogens is 1. The number of benzene rings is 2. The van der Waals surface area contributed by atoms with Crippen LogP contribution in [0.25, 0.3) is 0 Å². The molecule has 1 fully saturated rings. The summed E-state index contributed by atoms with van der Waals surface area (Å²) in [5.74, 6) is -2.41. The van der Waals surface area contributed by atoms with Crippen molar-refractivity contribution in [3.8, 4) is 0 Å². The van der Waals surface area contributed by atoms with Crippen molar-refractivity contribution in [3.63, 3.8) is 0 Å². The molecule has 1 saturated carbocycles. The molecule has 14 nitrogen and oxygen atoms in total. The van der Waals surface area contributed by atoms with Gasteiger partial charge in [-0.25, -0.2) is 4.79 Å². The highest BCUT2D eigenvalue weighted by molar-refractivity contribution is 5.99. The monoisotopic (exact) mass is 759 g/mol. The van der Waals surface area contributed by atoms with Crippen LogP contribution < -0.4 is 27.7 Å². The van der Waals surface area contributed by atoms with Gasteiger partial charge in [0.1, 0.15) is 23.5 Å². The molecular formula is C41H57N7O7. The summed E-state index contributed by atoms with van der Waals surface area (Å²) in [5.41, 5.74) is 12.7. The van der Waals surface area contributed by atoms with Crippen molar-refractivity contribution < 1.29 is 29.0 Å². The fourth-order valence-electron chi connectivity index (χ4n) is 7.02. The van der Waals surface area contributed by atoms with Crippen LogP contribution >= 0.6 is 0 Å². The molecule has 4 rings (SSSR count). The number of amides is 2. The highest BCUT2D eigenvalue weighted by atomic mass is 16.6. The van der Waals surface area contributed by atoms with Crippen molar-refractivity contribution >= 4 is 41.2 Å². The van der Waals surface area contributed by atoms with E-state index >= 15 is 0 Å². The fourth-order valence-corrected chi connectivity index (χ4v) is 7.02. The Hall–Kier alpha value is -5.40. The maximum Gasteiger partial charge on any atom is 0.326 e. The molecule has 1 aromatic heterocycles. The minimum absolute atomic E-state index is 0.0424. The van der Waals surface area contributed by atoms with Crippen LogP contribution in [0.1, 0.15) is 119 Å². The van der Waals surface area contributed by atoms with Crippen LogP contribution in [0.5, 0.6) is 0 Å². The van der Waals surface area contributed by atoms with Gasteiger partial charge in [-0.1, -0.05) is 37.1 Å². The SMILES string of the molecule is CC(C)(C)OC(=O)CC[C@@H](C(=O)N[C@@H](Cc1cccc(C2CCCC2)c1)C(=O)O)N(C(=O)c1ccc(NCCCc2c(N)nc(N)[nH]c2=O)cc1)C(C)(C)C. The number of carbonyl (C=O) groups excluding carboxylic acids is 3. The smallest absolute Gasteiger partial charge is 0.326 e. The van der Waals surface area contributed by atoms with Gasteiger partial charge in [0.25, 0.3) is 11.5 Å². The predicted molar refractivity (Wildman–Crippen MR) is 213 cm³/mol. The molecule has 1 heterocycles. The summed E-state index contributed by atoms with van der Waals surface area (Å²) in [6, 6.07) is 12.1. The zero-order valence-corrected chi connectivity index (χ0v) is 32.9. The third-order valence-corrected chi connectivity index (χ3v) is 9.56. The molecule has 0 aliphatic heterocycles. The first-order valence-corrected chi connectivity index (χ1v) is 19.0. The molecule has 2 amide bonds. The molecule has 0 unspecified atom stereocenters. The van der Waals surface area contributed by atoms with E-state index in [1.807, 2.05) is 18.2 Å². The van der Waals surface area contributed by atoms with Crippen LogP contribution in [-0.4, -0.2) is 73.5 Å². The largest absolute Gasteiger partial charge is 0.480 e. The van der Waals surface area contributed by atoms with E-state index in [-0.39, 0.29) is 36.6 Å². The Kier molecular flexibility index (Phi) is 14.1. The average Bonchev–Trinajstić information content (AvgIpc) is 3.63. The van der Waals surface area contributed by atoms with E-state index in [2.05, 4.69) is 26.7 Å². The first-order valence-electron chi connectivity index (χ1n) is 19.0. The lowest BCUT2D eigenvalue weighted by Gasteiger charge is -2.41. The van der Waals surface area contributed by atoms with Crippen LogP contribution in [0.15, 0.2) is 53.3 Å². The third-order valence-electron chi connectivity index (χ3n) is 9.56. The summed E-state index contributed by atoms with van der Waals surface area (Å²) in [4.78, 5) is 74.0. The Morgan fingerprint density at radius 1 is 1.02 bits per heavy atom. The summed E-state index contributed by atoms with van der Waals surface area (Å²) in [7, 11) is 0. The number of ether oxygens (including phenoxy) is 1. The molecule has 298 valence electrons. The van der Waals surface area contributed by atoms with Crippen LogP contribution in [-0.2, 0) is 32.0 Å². The van der Waals surface area contributed by atoms with Crippen LogP contribution in [0.2, 0.25) is 0 Å². The van der Waals surface area contributed by atoms with Crippen molar-refractivity contribution in [1.82, 2.24) is 20.2 Å². The molecule has 0 radical (unpaired) electrons. The van der Waals surface area contributed by atoms with Gasteiger partial charge >= 0.3 is 11.9 Å². The summed E-state index contributed by atoms with van der Waals surface area (Å²) in [6.07, 6.45) is 5.26. The van der Waals surface area contributed by atoms with Gasteiger partial charge in [-0.3, -0.25) is 24.2 Å². The highest BCUT2D eigenvalue weighted by Crippen LogP contribution is 2.34. The van der Waals surface area contributed by atoms with Crippen molar-refractivity contribution in [1.29, 1.82) is 0 Å². The molecule has 2 atom stereocenters. The van der Waals surface area contributed by atoms with Crippen LogP contribution in [0.4, 0.5) is 17.5 Å². The van der Waals surface area contributed by atoms with Crippen LogP contribution in [0, 0.1) is 0 Å². The summed E-state index contributed by atoms with van der Waals surface area (Å²) in [6.45, 7) is 11.1. The second kappa shape index (κ2) is 18.3. The lowest BCUT2D eigenvalue weighted by atomic mass is 9.94. The number of nitrogens with two attached hydrogens (primary N) is 2. The number of esters is 1. The van der Waals surface area contributed by atoms with Crippen molar-refractivity contribution in [2.75, 3.05) is 23.3 Å². The maximum absolute atomic E-state index is 14.3. The number of carboxylic acid groups (broad SMARTS) is 1. The molecule has 0 spiro atoms. The van der Waals surface area contributed by atoms with Gasteiger partial charge in [0.2, 0.25) is 11.9 Å². The normalized spacial score (nSPS) is 14.5. The van der Waals surface area contributed by atoms with Crippen molar-refractivity contribution in [3.05, 3.63) is 81.1 Å². The molecule has 55 heavy (non-hydrogen) atoms. The molecule has 8 N–H and O–H groups in total. The lowest BCUT2D eigenvalue weighted by Crippen LogP contribution is -2.59. The number of aromatic amines is 1. The standard InChI is InChI=1S/C41H57N7O7/c1-40(2,3)48(37(52)27-16-18-29(19-17-27)44-22-10-15-30-34(42)46-39(43)47-35(30)50)32(20-21-33(49)55-41(4,5)6)36(51)45-31(38(53)54)24-25-11-9-14-28(23-25)26-12-7-8-13-26/h9,11,14,16-19,23,26,31-32,44H,7-8,10,12-13,15,20-22,24H2,1-6H3,(H,45,51)(H,53,54)(H5,42,43,46,47,50)/t31-,32-/m0/s1. The predicted octanol–water partition coefficient (Wildman–Crippen LogP) is 5.18. The Balaban J connectivity index is 1.53. The van der Waals surface area contributed by atoms with Gasteiger partial charge in [0.05, 0.1) is 5.56 Å². The summed E-state index contributed by atoms with van der Waals surface area (Å²) in [5, 5.41) is 16.2. The Bertz CT molecular complexity index is 1870. The second-order valence-electron chi connectivity index (χ2n) is 16.2. The lowest BCUT2D eigenvalue weighted by molar-refractivity contribution is -0.155. The van der Waals surface area contributed by atoms with Gasteiger partial charge < -0.3 is 36.8 Å². The number of hydrogen-bond acceptors (Lipinski definition) is 10. The van der Waals surface area contributed by atoms with E-state index in [9.17, 15) is 29.1 Å². The van der Waals surface area contributed by atoms with E-state index in [1.54, 1.807) is 65.8 Å². The van der Waals surface area contributed by atoms with E-state index in [1.165, 1.54) is 23.3 Å². The number of hydrogen-bond donors (Lipinski definition) is 6. The fraction of sp³-hybridized carbons (Fsp3) is 0.512. The number of nitrogens with one attached hydrogen (secondary N) is 3.